The third-order valence-electron chi connectivity index (χ3n) is 4.23. The lowest BCUT2D eigenvalue weighted by atomic mass is 9.67. The molecule has 0 unspecified atom stereocenters. The first-order valence-electron chi connectivity index (χ1n) is 6.30. The molecule has 0 bridgehead atoms. The van der Waals surface area contributed by atoms with E-state index >= 15 is 0 Å². The molecule has 1 aromatic carbocycles. The lowest BCUT2D eigenvalue weighted by molar-refractivity contribution is 0.264. The van der Waals surface area contributed by atoms with Crippen molar-refractivity contribution in [2.45, 2.75) is 44.1 Å². The molecule has 1 N–H and O–H groups in total. The maximum Gasteiger partial charge on any atom is 0.0208 e. The van der Waals surface area contributed by atoms with E-state index in [2.05, 4.69) is 39.4 Å². The molecule has 1 fully saturated rings. The van der Waals surface area contributed by atoms with Crippen molar-refractivity contribution in [3.05, 3.63) is 33.8 Å². The Balaban J connectivity index is 2.06. The molecule has 2 heteroatoms. The van der Waals surface area contributed by atoms with E-state index in [1.54, 1.807) is 5.56 Å². The molecule has 1 saturated carbocycles. The summed E-state index contributed by atoms with van der Waals surface area (Å²) in [6.45, 7) is 2.22. The minimum Gasteiger partial charge on any atom is -0.312 e. The maximum atomic E-state index is 3.62. The Hall–Kier alpha value is -0.340. The topological polar surface area (TPSA) is 12.0 Å². The highest BCUT2D eigenvalue weighted by Crippen LogP contribution is 2.43. The van der Waals surface area contributed by atoms with Gasteiger partial charge in [-0.25, -0.2) is 0 Å². The highest BCUT2D eigenvalue weighted by Gasteiger charge is 2.37. The summed E-state index contributed by atoms with van der Waals surface area (Å²) >= 11 is 3.62. The summed E-state index contributed by atoms with van der Waals surface area (Å²) in [6.07, 6.45) is 6.94. The molecular weight excluding hydrogens is 262 g/mol. The third-order valence-corrected chi connectivity index (χ3v) is 4.73. The van der Waals surface area contributed by atoms with E-state index in [9.17, 15) is 0 Å². The van der Waals surface area contributed by atoms with Crippen LogP contribution in [0.5, 0.6) is 0 Å². The molecule has 16 heavy (non-hydrogen) atoms. The van der Waals surface area contributed by atoms with Crippen LogP contribution in [0.3, 0.4) is 0 Å². The van der Waals surface area contributed by atoms with E-state index in [4.69, 9.17) is 0 Å². The van der Waals surface area contributed by atoms with Crippen molar-refractivity contribution in [1.82, 2.24) is 5.32 Å². The Labute approximate surface area is 106 Å². The molecule has 1 heterocycles. The summed E-state index contributed by atoms with van der Waals surface area (Å²) in [5, 5.41) is 3.61. The fraction of sp³-hybridized carbons (Fsp3) is 0.571. The summed E-state index contributed by atoms with van der Waals surface area (Å²) in [6, 6.07) is 6.81. The number of rotatable bonds is 0. The predicted molar refractivity (Wildman–Crippen MR) is 70.6 cm³/mol. The second kappa shape index (κ2) is 4.15. The van der Waals surface area contributed by atoms with Crippen LogP contribution < -0.4 is 5.32 Å². The molecular formula is C14H18BrN. The molecule has 2 aliphatic rings. The van der Waals surface area contributed by atoms with Crippen LogP contribution in [0.25, 0.3) is 0 Å². The third kappa shape index (κ3) is 1.72. The Morgan fingerprint density at radius 2 is 1.94 bits per heavy atom. The van der Waals surface area contributed by atoms with Crippen LogP contribution >= 0.6 is 15.9 Å². The van der Waals surface area contributed by atoms with Crippen molar-refractivity contribution < 1.29 is 0 Å². The van der Waals surface area contributed by atoms with Crippen LogP contribution in [-0.2, 0) is 12.0 Å². The number of halogens is 1. The Morgan fingerprint density at radius 1 is 1.12 bits per heavy atom. The molecule has 3 rings (SSSR count). The Morgan fingerprint density at radius 3 is 2.75 bits per heavy atom. The van der Waals surface area contributed by atoms with Gasteiger partial charge in [0, 0.05) is 23.0 Å². The van der Waals surface area contributed by atoms with Gasteiger partial charge in [-0.05, 0) is 36.1 Å². The van der Waals surface area contributed by atoms with Crippen LogP contribution in [0.2, 0.25) is 0 Å². The fourth-order valence-corrected chi connectivity index (χ4v) is 3.76. The highest BCUT2D eigenvalue weighted by atomic mass is 79.9. The molecule has 0 aromatic heterocycles. The quantitative estimate of drug-likeness (QED) is 0.763. The van der Waals surface area contributed by atoms with Crippen LogP contribution in [0, 0.1) is 0 Å². The van der Waals surface area contributed by atoms with Gasteiger partial charge in [0.05, 0.1) is 0 Å². The monoisotopic (exact) mass is 279 g/mol. The molecule has 0 saturated heterocycles. The first-order chi connectivity index (χ1) is 7.80. The van der Waals surface area contributed by atoms with Crippen LogP contribution in [0.4, 0.5) is 0 Å². The molecule has 1 aliphatic carbocycles. The van der Waals surface area contributed by atoms with E-state index in [1.807, 2.05) is 0 Å². The standard InChI is InChI=1S/C14H18BrN/c15-12-5-4-11-9-16-10-14(13(11)8-12)6-2-1-3-7-14/h4-5,8,16H,1-3,6-7,9-10H2. The summed E-state index contributed by atoms with van der Waals surface area (Å²) in [5.41, 5.74) is 3.56. The van der Waals surface area contributed by atoms with Crippen molar-refractivity contribution in [2.24, 2.45) is 0 Å². The normalized spacial score (nSPS) is 23.1. The highest BCUT2D eigenvalue weighted by molar-refractivity contribution is 9.10. The number of fused-ring (bicyclic) bond motifs is 2. The first kappa shape index (κ1) is 10.8. The van der Waals surface area contributed by atoms with Gasteiger partial charge in [0.15, 0.2) is 0 Å². The fourth-order valence-electron chi connectivity index (χ4n) is 3.40. The van der Waals surface area contributed by atoms with Gasteiger partial charge in [0.25, 0.3) is 0 Å². The minimum atomic E-state index is 0.440. The zero-order valence-electron chi connectivity index (χ0n) is 9.56. The van der Waals surface area contributed by atoms with Crippen molar-refractivity contribution in [3.63, 3.8) is 0 Å². The van der Waals surface area contributed by atoms with Crippen molar-refractivity contribution in [1.29, 1.82) is 0 Å². The zero-order valence-corrected chi connectivity index (χ0v) is 11.1. The first-order valence-corrected chi connectivity index (χ1v) is 7.09. The van der Waals surface area contributed by atoms with Crippen molar-refractivity contribution >= 4 is 15.9 Å². The predicted octanol–water partition coefficient (Wildman–Crippen LogP) is 3.75. The summed E-state index contributed by atoms with van der Waals surface area (Å²) in [5.74, 6) is 0. The number of hydrogen-bond acceptors (Lipinski definition) is 1. The van der Waals surface area contributed by atoms with Gasteiger partial charge >= 0.3 is 0 Å². The smallest absolute Gasteiger partial charge is 0.0208 e. The minimum absolute atomic E-state index is 0.440. The van der Waals surface area contributed by atoms with Gasteiger partial charge in [-0.1, -0.05) is 41.3 Å². The summed E-state index contributed by atoms with van der Waals surface area (Å²) in [4.78, 5) is 0. The Bertz CT molecular complexity index is 394. The van der Waals surface area contributed by atoms with E-state index < -0.39 is 0 Å². The zero-order chi connectivity index (χ0) is 11.0. The average molecular weight is 280 g/mol. The molecule has 86 valence electrons. The molecule has 0 atom stereocenters. The molecule has 1 spiro atoms. The van der Waals surface area contributed by atoms with Gasteiger partial charge in [0.2, 0.25) is 0 Å². The van der Waals surface area contributed by atoms with Gasteiger partial charge in [-0.3, -0.25) is 0 Å². The maximum absolute atomic E-state index is 3.62. The van der Waals surface area contributed by atoms with Gasteiger partial charge in [-0.15, -0.1) is 0 Å². The SMILES string of the molecule is Brc1ccc2c(c1)C1(CCCCC1)CNC2. The van der Waals surface area contributed by atoms with Crippen LogP contribution in [-0.4, -0.2) is 6.54 Å². The van der Waals surface area contributed by atoms with Crippen molar-refractivity contribution in [3.8, 4) is 0 Å². The van der Waals surface area contributed by atoms with Crippen LogP contribution in [0.15, 0.2) is 22.7 Å². The molecule has 1 nitrogen and oxygen atoms in total. The van der Waals surface area contributed by atoms with E-state index in [0.29, 0.717) is 5.41 Å². The number of hydrogen-bond donors (Lipinski definition) is 1. The van der Waals surface area contributed by atoms with E-state index in [1.165, 1.54) is 48.7 Å². The number of nitrogens with one attached hydrogen (secondary N) is 1. The van der Waals surface area contributed by atoms with Gasteiger partial charge < -0.3 is 5.32 Å². The lowest BCUT2D eigenvalue weighted by Crippen LogP contribution is -2.44. The molecule has 0 amide bonds. The lowest BCUT2D eigenvalue weighted by Gasteiger charge is -2.42. The molecule has 1 aliphatic heterocycles. The average Bonchev–Trinajstić information content (AvgIpc) is 2.32. The van der Waals surface area contributed by atoms with Crippen molar-refractivity contribution in [2.75, 3.05) is 6.54 Å². The molecule has 0 radical (unpaired) electrons. The second-order valence-corrected chi connectivity index (χ2v) is 6.16. The van der Waals surface area contributed by atoms with E-state index in [-0.39, 0.29) is 0 Å². The molecule has 1 aromatic rings. The van der Waals surface area contributed by atoms with Gasteiger partial charge in [0.1, 0.15) is 0 Å². The van der Waals surface area contributed by atoms with Crippen LogP contribution in [0.1, 0.15) is 43.2 Å². The second-order valence-electron chi connectivity index (χ2n) is 5.25. The largest absolute Gasteiger partial charge is 0.312 e. The Kier molecular flexibility index (Phi) is 2.80. The van der Waals surface area contributed by atoms with Gasteiger partial charge in [-0.2, -0.15) is 0 Å². The summed E-state index contributed by atoms with van der Waals surface area (Å²) < 4.78 is 1.23. The number of benzene rings is 1. The van der Waals surface area contributed by atoms with E-state index in [0.717, 1.165) is 6.54 Å². The summed E-state index contributed by atoms with van der Waals surface area (Å²) in [7, 11) is 0.